The SMILES string of the molecule is CCn1cccc(CN=C(N)Nc2cc(C)cc(C)c2)c1=O. The van der Waals surface area contributed by atoms with Gasteiger partial charge >= 0.3 is 0 Å². The predicted molar refractivity (Wildman–Crippen MR) is 91.2 cm³/mol. The van der Waals surface area contributed by atoms with Gasteiger partial charge in [-0.05, 0) is 50.1 Å². The predicted octanol–water partition coefficient (Wildman–Crippen LogP) is 2.41. The zero-order valence-electron chi connectivity index (χ0n) is 13.3. The van der Waals surface area contributed by atoms with Crippen molar-refractivity contribution in [1.82, 2.24) is 4.57 Å². The van der Waals surface area contributed by atoms with Crippen molar-refractivity contribution < 1.29 is 0 Å². The van der Waals surface area contributed by atoms with E-state index in [1.807, 2.05) is 39.0 Å². The Morgan fingerprint density at radius 3 is 2.59 bits per heavy atom. The van der Waals surface area contributed by atoms with Gasteiger partial charge in [0, 0.05) is 24.0 Å². The molecule has 5 nitrogen and oxygen atoms in total. The number of hydrogen-bond donors (Lipinski definition) is 2. The third-order valence-electron chi connectivity index (χ3n) is 3.35. The number of nitrogens with two attached hydrogens (primary N) is 1. The molecule has 116 valence electrons. The molecule has 0 unspecified atom stereocenters. The second-order valence-corrected chi connectivity index (χ2v) is 5.33. The Bertz CT molecular complexity index is 726. The topological polar surface area (TPSA) is 72.4 Å². The lowest BCUT2D eigenvalue weighted by molar-refractivity contribution is 0.714. The average molecular weight is 298 g/mol. The van der Waals surface area contributed by atoms with Gasteiger partial charge in [-0.15, -0.1) is 0 Å². The van der Waals surface area contributed by atoms with Crippen molar-refractivity contribution in [3.8, 4) is 0 Å². The van der Waals surface area contributed by atoms with E-state index in [0.29, 0.717) is 18.1 Å². The number of guanidine groups is 1. The van der Waals surface area contributed by atoms with E-state index < -0.39 is 0 Å². The molecule has 0 saturated heterocycles. The highest BCUT2D eigenvalue weighted by atomic mass is 16.1. The first-order valence-corrected chi connectivity index (χ1v) is 7.33. The second kappa shape index (κ2) is 6.93. The van der Waals surface area contributed by atoms with Crippen molar-refractivity contribution in [1.29, 1.82) is 0 Å². The smallest absolute Gasteiger partial charge is 0.255 e. The highest BCUT2D eigenvalue weighted by Crippen LogP contribution is 2.13. The monoisotopic (exact) mass is 298 g/mol. The Labute approximate surface area is 130 Å². The number of hydrogen-bond acceptors (Lipinski definition) is 2. The quantitative estimate of drug-likeness (QED) is 0.672. The highest BCUT2D eigenvalue weighted by Gasteiger charge is 2.02. The molecule has 1 aromatic heterocycles. The first-order chi connectivity index (χ1) is 10.5. The summed E-state index contributed by atoms with van der Waals surface area (Å²) in [5.74, 6) is 0.302. The average Bonchev–Trinajstić information content (AvgIpc) is 2.45. The molecule has 0 aliphatic carbocycles. The van der Waals surface area contributed by atoms with Crippen LogP contribution in [0.3, 0.4) is 0 Å². The maximum atomic E-state index is 12.1. The van der Waals surface area contributed by atoms with Crippen molar-refractivity contribution >= 4 is 11.6 Å². The first-order valence-electron chi connectivity index (χ1n) is 7.33. The van der Waals surface area contributed by atoms with Gasteiger partial charge in [-0.2, -0.15) is 0 Å². The van der Waals surface area contributed by atoms with Crippen LogP contribution in [0.1, 0.15) is 23.6 Å². The molecule has 0 spiro atoms. The molecule has 22 heavy (non-hydrogen) atoms. The van der Waals surface area contributed by atoms with Crippen LogP contribution in [-0.2, 0) is 13.1 Å². The summed E-state index contributed by atoms with van der Waals surface area (Å²) < 4.78 is 1.65. The molecule has 2 aromatic rings. The van der Waals surface area contributed by atoms with Crippen LogP contribution < -0.4 is 16.6 Å². The molecular weight excluding hydrogens is 276 g/mol. The van der Waals surface area contributed by atoms with E-state index in [4.69, 9.17) is 5.73 Å². The number of nitrogens with zero attached hydrogens (tertiary/aromatic N) is 2. The van der Waals surface area contributed by atoms with E-state index in [2.05, 4.69) is 16.4 Å². The van der Waals surface area contributed by atoms with Gasteiger partial charge in [0.25, 0.3) is 5.56 Å². The fourth-order valence-corrected chi connectivity index (χ4v) is 2.36. The van der Waals surface area contributed by atoms with E-state index in [1.54, 1.807) is 16.8 Å². The lowest BCUT2D eigenvalue weighted by Crippen LogP contribution is -2.25. The van der Waals surface area contributed by atoms with Crippen LogP contribution in [0.15, 0.2) is 46.3 Å². The summed E-state index contributed by atoms with van der Waals surface area (Å²) in [5.41, 5.74) is 9.73. The summed E-state index contributed by atoms with van der Waals surface area (Å²) in [6.45, 7) is 6.91. The van der Waals surface area contributed by atoms with Gasteiger partial charge in [0.1, 0.15) is 0 Å². The third-order valence-corrected chi connectivity index (χ3v) is 3.35. The molecule has 0 aliphatic heterocycles. The molecule has 2 rings (SSSR count). The van der Waals surface area contributed by atoms with Gasteiger partial charge in [-0.25, -0.2) is 4.99 Å². The molecule has 1 aromatic carbocycles. The highest BCUT2D eigenvalue weighted by molar-refractivity contribution is 5.92. The van der Waals surface area contributed by atoms with E-state index in [9.17, 15) is 4.79 Å². The van der Waals surface area contributed by atoms with E-state index in [-0.39, 0.29) is 12.1 Å². The molecular formula is C17H22N4O. The zero-order valence-corrected chi connectivity index (χ0v) is 13.3. The van der Waals surface area contributed by atoms with Crippen molar-refractivity contribution in [3.05, 3.63) is 63.6 Å². The molecule has 0 amide bonds. The Balaban J connectivity index is 2.11. The number of aromatic nitrogens is 1. The summed E-state index contributed by atoms with van der Waals surface area (Å²) in [4.78, 5) is 16.3. The normalized spacial score (nSPS) is 11.5. The number of nitrogens with one attached hydrogen (secondary N) is 1. The van der Waals surface area contributed by atoms with Crippen LogP contribution >= 0.6 is 0 Å². The van der Waals surface area contributed by atoms with Crippen LogP contribution in [0.4, 0.5) is 5.69 Å². The lowest BCUT2D eigenvalue weighted by Gasteiger charge is -2.08. The van der Waals surface area contributed by atoms with Crippen molar-refractivity contribution in [3.63, 3.8) is 0 Å². The van der Waals surface area contributed by atoms with E-state index in [1.165, 1.54) is 0 Å². The summed E-state index contributed by atoms with van der Waals surface area (Å²) in [6, 6.07) is 9.73. The number of aliphatic imine (C=N–C) groups is 1. The summed E-state index contributed by atoms with van der Waals surface area (Å²) in [5, 5.41) is 3.06. The Morgan fingerprint density at radius 2 is 1.95 bits per heavy atom. The van der Waals surface area contributed by atoms with E-state index >= 15 is 0 Å². The molecule has 0 saturated carbocycles. The minimum atomic E-state index is -0.0204. The molecule has 5 heteroatoms. The number of anilines is 1. The van der Waals surface area contributed by atoms with Gasteiger partial charge in [0.2, 0.25) is 0 Å². The fourth-order valence-electron chi connectivity index (χ4n) is 2.36. The minimum absolute atomic E-state index is 0.0204. The van der Waals surface area contributed by atoms with Crippen LogP contribution in [0.25, 0.3) is 0 Å². The van der Waals surface area contributed by atoms with Crippen molar-refractivity contribution in [2.75, 3.05) is 5.32 Å². The Kier molecular flexibility index (Phi) is 4.99. The Morgan fingerprint density at radius 1 is 1.27 bits per heavy atom. The van der Waals surface area contributed by atoms with Crippen LogP contribution in [0.2, 0.25) is 0 Å². The minimum Gasteiger partial charge on any atom is -0.370 e. The summed E-state index contributed by atoms with van der Waals surface area (Å²) in [7, 11) is 0. The molecule has 0 radical (unpaired) electrons. The molecule has 0 atom stereocenters. The summed E-state index contributed by atoms with van der Waals surface area (Å²) in [6.07, 6.45) is 1.77. The van der Waals surface area contributed by atoms with Gasteiger partial charge in [0.05, 0.1) is 6.54 Å². The standard InChI is InChI=1S/C17H22N4O/c1-4-21-7-5-6-14(16(21)22)11-19-17(18)20-15-9-12(2)8-13(3)10-15/h5-10H,4,11H2,1-3H3,(H3,18,19,20). The number of benzene rings is 1. The van der Waals surface area contributed by atoms with Crippen molar-refractivity contribution in [2.45, 2.75) is 33.9 Å². The lowest BCUT2D eigenvalue weighted by atomic mass is 10.1. The zero-order chi connectivity index (χ0) is 16.1. The van der Waals surface area contributed by atoms with Gasteiger partial charge in [-0.3, -0.25) is 4.79 Å². The molecule has 0 aliphatic rings. The van der Waals surface area contributed by atoms with Gasteiger partial charge in [-0.1, -0.05) is 12.1 Å². The van der Waals surface area contributed by atoms with E-state index in [0.717, 1.165) is 16.8 Å². The maximum Gasteiger partial charge on any atom is 0.255 e. The van der Waals surface area contributed by atoms with Gasteiger partial charge < -0.3 is 15.6 Å². The van der Waals surface area contributed by atoms with Crippen LogP contribution in [-0.4, -0.2) is 10.5 Å². The van der Waals surface area contributed by atoms with Gasteiger partial charge in [0.15, 0.2) is 5.96 Å². The van der Waals surface area contributed by atoms with Crippen LogP contribution in [0, 0.1) is 13.8 Å². The second-order valence-electron chi connectivity index (χ2n) is 5.33. The number of pyridine rings is 1. The maximum absolute atomic E-state index is 12.1. The Hall–Kier alpha value is -2.56. The third kappa shape index (κ3) is 3.97. The van der Waals surface area contributed by atoms with Crippen LogP contribution in [0.5, 0.6) is 0 Å². The number of aryl methyl sites for hydroxylation is 3. The molecule has 0 bridgehead atoms. The molecule has 0 fully saturated rings. The molecule has 1 heterocycles. The number of rotatable bonds is 4. The summed E-state index contributed by atoms with van der Waals surface area (Å²) >= 11 is 0. The first kappa shape index (κ1) is 15.8. The fraction of sp³-hybridized carbons (Fsp3) is 0.294. The largest absolute Gasteiger partial charge is 0.370 e. The molecule has 3 N–H and O–H groups in total. The van der Waals surface area contributed by atoms with Crippen molar-refractivity contribution in [2.24, 2.45) is 10.7 Å².